The third-order valence-corrected chi connectivity index (χ3v) is 3.96. The van der Waals surface area contributed by atoms with Crippen molar-refractivity contribution < 1.29 is 23.8 Å². The summed E-state index contributed by atoms with van der Waals surface area (Å²) in [6.07, 6.45) is 3.80. The number of aryl methyl sites for hydroxylation is 1. The molecule has 1 aliphatic rings. The van der Waals surface area contributed by atoms with Crippen LogP contribution in [-0.4, -0.2) is 30.6 Å². The van der Waals surface area contributed by atoms with Gasteiger partial charge in [-0.3, -0.25) is 4.79 Å². The Hall–Kier alpha value is -2.76. The van der Waals surface area contributed by atoms with Crippen molar-refractivity contribution >= 4 is 17.6 Å². The van der Waals surface area contributed by atoms with Gasteiger partial charge in [0.25, 0.3) is 5.91 Å². The molecule has 1 aromatic carbocycles. The van der Waals surface area contributed by atoms with Gasteiger partial charge in [-0.25, -0.2) is 4.79 Å². The zero-order valence-electron chi connectivity index (χ0n) is 12.7. The van der Waals surface area contributed by atoms with Gasteiger partial charge in [0, 0.05) is 18.3 Å². The van der Waals surface area contributed by atoms with Crippen molar-refractivity contribution in [2.24, 2.45) is 0 Å². The average molecular weight is 315 g/mol. The second-order valence-electron chi connectivity index (χ2n) is 5.41. The highest BCUT2D eigenvalue weighted by molar-refractivity contribution is 6.06. The Bertz CT molecular complexity index is 749. The molecular formula is C17H17NO5. The first kappa shape index (κ1) is 15.1. The zero-order chi connectivity index (χ0) is 16.4. The van der Waals surface area contributed by atoms with E-state index in [0.717, 1.165) is 42.5 Å². The number of nitrogens with zero attached hydrogens (tertiary/aromatic N) is 1. The van der Waals surface area contributed by atoms with Gasteiger partial charge in [0.1, 0.15) is 12.0 Å². The first-order chi connectivity index (χ1) is 11.1. The van der Waals surface area contributed by atoms with Gasteiger partial charge in [-0.1, -0.05) is 0 Å². The molecule has 0 saturated heterocycles. The smallest absolute Gasteiger partial charge is 0.338 e. The predicted octanol–water partition coefficient (Wildman–Crippen LogP) is 2.97. The van der Waals surface area contributed by atoms with Crippen LogP contribution < -0.4 is 9.64 Å². The molecule has 0 radical (unpaired) electrons. The standard InChI is InChI=1S/C17H17NO5/c1-22-13-5-6-14-11(8-13)4-2-3-7-18(14)16(19)15-9-12(10-23-15)17(20)21/h5-6,8-10H,2-4,7H2,1H3,(H,20,21). The number of carboxylic acid groups (broad SMARTS) is 1. The molecule has 23 heavy (non-hydrogen) atoms. The second-order valence-corrected chi connectivity index (χ2v) is 5.41. The number of amides is 1. The SMILES string of the molecule is COc1ccc2c(c1)CCCCN2C(=O)c1cc(C(=O)O)co1. The number of carboxylic acids is 1. The van der Waals surface area contributed by atoms with Crippen LogP contribution in [-0.2, 0) is 6.42 Å². The zero-order valence-corrected chi connectivity index (χ0v) is 12.7. The molecule has 0 atom stereocenters. The van der Waals surface area contributed by atoms with E-state index in [0.29, 0.717) is 6.54 Å². The van der Waals surface area contributed by atoms with E-state index < -0.39 is 5.97 Å². The highest BCUT2D eigenvalue weighted by Gasteiger charge is 2.25. The van der Waals surface area contributed by atoms with Gasteiger partial charge in [-0.2, -0.15) is 0 Å². The van der Waals surface area contributed by atoms with E-state index in [-0.39, 0.29) is 17.2 Å². The van der Waals surface area contributed by atoms with Gasteiger partial charge >= 0.3 is 5.97 Å². The lowest BCUT2D eigenvalue weighted by molar-refractivity contribution is 0.0696. The first-order valence-electron chi connectivity index (χ1n) is 7.41. The van der Waals surface area contributed by atoms with Gasteiger partial charge in [0.05, 0.1) is 12.7 Å². The summed E-state index contributed by atoms with van der Waals surface area (Å²) in [6, 6.07) is 6.87. The Morgan fingerprint density at radius 2 is 2.09 bits per heavy atom. The maximum atomic E-state index is 12.7. The Balaban J connectivity index is 1.95. The first-order valence-corrected chi connectivity index (χ1v) is 7.41. The number of hydrogen-bond donors (Lipinski definition) is 1. The van der Waals surface area contributed by atoms with Crippen LogP contribution in [0.1, 0.15) is 39.3 Å². The van der Waals surface area contributed by atoms with Gasteiger partial charge in [0.15, 0.2) is 5.76 Å². The van der Waals surface area contributed by atoms with Crippen molar-refractivity contribution in [3.8, 4) is 5.75 Å². The summed E-state index contributed by atoms with van der Waals surface area (Å²) in [5.74, 6) is -0.658. The Labute approximate surface area is 133 Å². The number of benzene rings is 1. The van der Waals surface area contributed by atoms with Crippen LogP contribution >= 0.6 is 0 Å². The summed E-state index contributed by atoms with van der Waals surface area (Å²) >= 11 is 0. The fourth-order valence-electron chi connectivity index (χ4n) is 2.76. The molecule has 0 spiro atoms. The number of hydrogen-bond acceptors (Lipinski definition) is 4. The molecule has 1 aromatic heterocycles. The molecule has 0 unspecified atom stereocenters. The number of carbonyl (C=O) groups is 2. The van der Waals surface area contributed by atoms with E-state index >= 15 is 0 Å². The van der Waals surface area contributed by atoms with Crippen LogP contribution in [0.2, 0.25) is 0 Å². The molecule has 120 valence electrons. The van der Waals surface area contributed by atoms with Gasteiger partial charge < -0.3 is 19.2 Å². The summed E-state index contributed by atoms with van der Waals surface area (Å²) < 4.78 is 10.4. The number of anilines is 1. The van der Waals surface area contributed by atoms with Gasteiger partial charge in [-0.15, -0.1) is 0 Å². The van der Waals surface area contributed by atoms with Crippen LogP contribution in [0.3, 0.4) is 0 Å². The maximum absolute atomic E-state index is 12.7. The Kier molecular flexibility index (Phi) is 4.06. The number of ether oxygens (including phenoxy) is 1. The van der Waals surface area contributed by atoms with Crippen LogP contribution in [0.15, 0.2) is 34.9 Å². The molecular weight excluding hydrogens is 298 g/mol. The molecule has 6 heteroatoms. The molecule has 0 saturated carbocycles. The van der Waals surface area contributed by atoms with Crippen LogP contribution in [0.4, 0.5) is 5.69 Å². The van der Waals surface area contributed by atoms with E-state index in [2.05, 4.69) is 0 Å². The molecule has 1 aliphatic heterocycles. The summed E-state index contributed by atoms with van der Waals surface area (Å²) in [4.78, 5) is 25.3. The van der Waals surface area contributed by atoms with E-state index in [1.165, 1.54) is 6.07 Å². The van der Waals surface area contributed by atoms with E-state index in [1.54, 1.807) is 12.0 Å². The molecule has 2 heterocycles. The normalized spacial score (nSPS) is 14.0. The molecule has 0 fully saturated rings. The van der Waals surface area contributed by atoms with Crippen molar-refractivity contribution in [3.05, 3.63) is 47.4 Å². The van der Waals surface area contributed by atoms with E-state index in [4.69, 9.17) is 14.3 Å². The summed E-state index contributed by atoms with van der Waals surface area (Å²) in [6.45, 7) is 0.571. The van der Waals surface area contributed by atoms with Crippen molar-refractivity contribution in [2.45, 2.75) is 19.3 Å². The third kappa shape index (κ3) is 2.92. The van der Waals surface area contributed by atoms with Crippen molar-refractivity contribution in [1.82, 2.24) is 0 Å². The molecule has 0 aliphatic carbocycles. The summed E-state index contributed by atoms with van der Waals surface area (Å²) in [7, 11) is 1.61. The maximum Gasteiger partial charge on any atom is 0.338 e. The number of rotatable bonds is 3. The monoisotopic (exact) mass is 315 g/mol. The average Bonchev–Trinajstić information content (AvgIpc) is 2.96. The number of methoxy groups -OCH3 is 1. The number of aromatic carboxylic acids is 1. The largest absolute Gasteiger partial charge is 0.497 e. The van der Waals surface area contributed by atoms with Crippen LogP contribution in [0, 0.1) is 0 Å². The predicted molar refractivity (Wildman–Crippen MR) is 83.3 cm³/mol. The number of carbonyl (C=O) groups excluding carboxylic acids is 1. The van der Waals surface area contributed by atoms with Gasteiger partial charge in [-0.05, 0) is 43.0 Å². The fourth-order valence-corrected chi connectivity index (χ4v) is 2.76. The molecule has 6 nitrogen and oxygen atoms in total. The topological polar surface area (TPSA) is 80.0 Å². The highest BCUT2D eigenvalue weighted by atomic mass is 16.5. The molecule has 0 bridgehead atoms. The Morgan fingerprint density at radius 3 is 2.78 bits per heavy atom. The van der Waals surface area contributed by atoms with Crippen LogP contribution in [0.25, 0.3) is 0 Å². The highest BCUT2D eigenvalue weighted by Crippen LogP contribution is 2.31. The minimum atomic E-state index is -1.12. The fraction of sp³-hybridized carbons (Fsp3) is 0.294. The number of fused-ring (bicyclic) bond motifs is 1. The van der Waals surface area contributed by atoms with Crippen molar-refractivity contribution in [2.75, 3.05) is 18.6 Å². The van der Waals surface area contributed by atoms with E-state index in [9.17, 15) is 9.59 Å². The van der Waals surface area contributed by atoms with Crippen molar-refractivity contribution in [3.63, 3.8) is 0 Å². The lowest BCUT2D eigenvalue weighted by Crippen LogP contribution is -2.31. The summed E-state index contributed by atoms with van der Waals surface area (Å²) in [5, 5.41) is 8.95. The molecule has 1 N–H and O–H groups in total. The minimum Gasteiger partial charge on any atom is -0.497 e. The lowest BCUT2D eigenvalue weighted by Gasteiger charge is -2.22. The molecule has 1 amide bonds. The quantitative estimate of drug-likeness (QED) is 0.942. The van der Waals surface area contributed by atoms with Crippen molar-refractivity contribution in [1.29, 1.82) is 0 Å². The third-order valence-electron chi connectivity index (χ3n) is 3.96. The lowest BCUT2D eigenvalue weighted by atomic mass is 10.1. The van der Waals surface area contributed by atoms with E-state index in [1.807, 2.05) is 18.2 Å². The second kappa shape index (κ2) is 6.16. The molecule has 2 aromatic rings. The summed E-state index contributed by atoms with van der Waals surface area (Å²) in [5.41, 5.74) is 1.83. The Morgan fingerprint density at radius 1 is 1.26 bits per heavy atom. The van der Waals surface area contributed by atoms with Gasteiger partial charge in [0.2, 0.25) is 0 Å². The molecule has 3 rings (SSSR count). The minimum absolute atomic E-state index is 0.0295. The number of furan rings is 1. The van der Waals surface area contributed by atoms with Crippen LogP contribution in [0.5, 0.6) is 5.75 Å².